The number of rotatable bonds is 5. The molecular formula is C13H18N4O3S. The summed E-state index contributed by atoms with van der Waals surface area (Å²) in [6.45, 7) is 0.276. The first-order valence-corrected chi connectivity index (χ1v) is 7.81. The van der Waals surface area contributed by atoms with E-state index in [0.29, 0.717) is 5.56 Å². The van der Waals surface area contributed by atoms with Gasteiger partial charge in [-0.15, -0.1) is 0 Å². The molecule has 0 unspecified atom stereocenters. The molecule has 1 aromatic heterocycles. The van der Waals surface area contributed by atoms with Crippen molar-refractivity contribution in [1.29, 1.82) is 0 Å². The van der Waals surface area contributed by atoms with E-state index in [4.69, 9.17) is 5.73 Å². The van der Waals surface area contributed by atoms with Crippen molar-refractivity contribution >= 4 is 15.9 Å². The summed E-state index contributed by atoms with van der Waals surface area (Å²) in [6, 6.07) is 3.18. The monoisotopic (exact) mass is 310 g/mol. The number of sulfonamides is 1. The Kier molecular flexibility index (Phi) is 6.30. The van der Waals surface area contributed by atoms with Crippen molar-refractivity contribution in [1.82, 2.24) is 14.6 Å². The minimum absolute atomic E-state index is 0.0236. The lowest BCUT2D eigenvalue weighted by Gasteiger charge is -2.11. The highest BCUT2D eigenvalue weighted by atomic mass is 32.2. The van der Waals surface area contributed by atoms with Crippen molar-refractivity contribution in [3.63, 3.8) is 0 Å². The predicted molar refractivity (Wildman–Crippen MR) is 80.0 cm³/mol. The van der Waals surface area contributed by atoms with E-state index < -0.39 is 15.9 Å². The maximum Gasteiger partial charge on any atom is 0.269 e. The molecule has 1 amide bonds. The lowest BCUT2D eigenvalue weighted by Crippen LogP contribution is -2.34. The third-order valence-corrected chi connectivity index (χ3v) is 4.37. The fraction of sp³-hybridized carbons (Fsp3) is 0.385. The van der Waals surface area contributed by atoms with Crippen LogP contribution in [0, 0.1) is 11.8 Å². The molecule has 1 aromatic rings. The summed E-state index contributed by atoms with van der Waals surface area (Å²) in [6.07, 6.45) is 1.47. The number of pyridine rings is 1. The molecular weight excluding hydrogens is 292 g/mol. The van der Waals surface area contributed by atoms with E-state index in [-0.39, 0.29) is 24.5 Å². The molecule has 114 valence electrons. The summed E-state index contributed by atoms with van der Waals surface area (Å²) in [5.74, 6) is 4.88. The van der Waals surface area contributed by atoms with Crippen molar-refractivity contribution in [3.8, 4) is 11.8 Å². The van der Waals surface area contributed by atoms with Crippen molar-refractivity contribution in [2.45, 2.75) is 0 Å². The molecule has 0 bridgehead atoms. The molecule has 0 saturated carbocycles. The molecule has 1 rings (SSSR count). The Morgan fingerprint density at radius 2 is 2.14 bits per heavy atom. The molecule has 21 heavy (non-hydrogen) atoms. The number of aromatic nitrogens is 1. The van der Waals surface area contributed by atoms with Gasteiger partial charge in [0.05, 0.1) is 12.3 Å². The summed E-state index contributed by atoms with van der Waals surface area (Å²) in [5.41, 5.74) is 6.12. The van der Waals surface area contributed by atoms with Crippen LogP contribution < -0.4 is 11.1 Å². The normalized spacial score (nSPS) is 10.9. The van der Waals surface area contributed by atoms with E-state index in [1.54, 1.807) is 6.07 Å². The minimum Gasteiger partial charge on any atom is -0.350 e. The molecule has 0 saturated heterocycles. The summed E-state index contributed by atoms with van der Waals surface area (Å²) < 4.78 is 24.2. The molecule has 0 aliphatic rings. The van der Waals surface area contributed by atoms with Crippen LogP contribution in [-0.4, -0.2) is 56.6 Å². The lowest BCUT2D eigenvalue weighted by molar-refractivity contribution is 0.0951. The zero-order valence-electron chi connectivity index (χ0n) is 12.0. The summed E-state index contributed by atoms with van der Waals surface area (Å²) >= 11 is 0. The predicted octanol–water partition coefficient (Wildman–Crippen LogP) is -0.987. The Bertz CT molecular complexity index is 642. The van der Waals surface area contributed by atoms with Gasteiger partial charge in [-0.3, -0.25) is 4.79 Å². The van der Waals surface area contributed by atoms with Gasteiger partial charge in [-0.05, 0) is 12.1 Å². The molecule has 0 aliphatic carbocycles. The zero-order valence-corrected chi connectivity index (χ0v) is 12.8. The van der Waals surface area contributed by atoms with Crippen LogP contribution in [0.5, 0.6) is 0 Å². The zero-order chi connectivity index (χ0) is 15.9. The number of nitrogens with zero attached hydrogens (tertiary/aromatic N) is 2. The molecule has 0 aromatic carbocycles. The summed E-state index contributed by atoms with van der Waals surface area (Å²) in [4.78, 5) is 15.8. The van der Waals surface area contributed by atoms with Crippen LogP contribution in [0.15, 0.2) is 18.3 Å². The maximum absolute atomic E-state index is 11.8. The SMILES string of the molecule is CN(C)S(=O)(=O)CCNC(=O)c1ccc(C#CCN)cn1. The van der Waals surface area contributed by atoms with E-state index in [0.717, 1.165) is 4.31 Å². The highest BCUT2D eigenvalue weighted by Crippen LogP contribution is 1.99. The fourth-order valence-corrected chi connectivity index (χ4v) is 2.05. The third-order valence-electron chi connectivity index (χ3n) is 2.53. The first-order valence-electron chi connectivity index (χ1n) is 6.20. The molecule has 0 fully saturated rings. The van der Waals surface area contributed by atoms with Crippen LogP contribution in [-0.2, 0) is 10.0 Å². The number of carbonyl (C=O) groups is 1. The molecule has 0 aliphatic heterocycles. The molecule has 8 heteroatoms. The number of nitrogens with two attached hydrogens (primary N) is 1. The number of carbonyl (C=O) groups excluding carboxylic acids is 1. The van der Waals surface area contributed by atoms with Gasteiger partial charge in [0.1, 0.15) is 5.69 Å². The molecule has 1 heterocycles. The van der Waals surface area contributed by atoms with Gasteiger partial charge in [-0.25, -0.2) is 17.7 Å². The van der Waals surface area contributed by atoms with E-state index in [1.165, 1.54) is 26.4 Å². The Morgan fingerprint density at radius 3 is 2.67 bits per heavy atom. The van der Waals surface area contributed by atoms with E-state index in [9.17, 15) is 13.2 Å². The standard InChI is InChI=1S/C13H18N4O3S/c1-17(2)21(19,20)9-8-15-13(18)12-6-5-11(10-16-12)4-3-7-14/h5-6,10H,7-9,14H2,1-2H3,(H,15,18). The first kappa shape index (κ1) is 17.1. The van der Waals surface area contributed by atoms with E-state index >= 15 is 0 Å². The van der Waals surface area contributed by atoms with Crippen LogP contribution in [0.25, 0.3) is 0 Å². The van der Waals surface area contributed by atoms with Gasteiger partial charge in [0.15, 0.2) is 0 Å². The van der Waals surface area contributed by atoms with Gasteiger partial charge in [-0.2, -0.15) is 0 Å². The van der Waals surface area contributed by atoms with Crippen LogP contribution >= 0.6 is 0 Å². The smallest absolute Gasteiger partial charge is 0.269 e. The Morgan fingerprint density at radius 1 is 1.43 bits per heavy atom. The molecule has 0 atom stereocenters. The highest BCUT2D eigenvalue weighted by Gasteiger charge is 2.14. The lowest BCUT2D eigenvalue weighted by atomic mass is 10.2. The first-order chi connectivity index (χ1) is 9.86. The van der Waals surface area contributed by atoms with Crippen LogP contribution in [0.2, 0.25) is 0 Å². The van der Waals surface area contributed by atoms with Gasteiger partial charge in [-0.1, -0.05) is 11.8 Å². The summed E-state index contributed by atoms with van der Waals surface area (Å²) in [7, 11) is -0.436. The Labute approximate surface area is 124 Å². The van der Waals surface area contributed by atoms with Crippen molar-refractivity contribution in [2.24, 2.45) is 5.73 Å². The molecule has 0 radical (unpaired) electrons. The fourth-order valence-electron chi connectivity index (χ4n) is 1.32. The molecule has 3 N–H and O–H groups in total. The van der Waals surface area contributed by atoms with Crippen LogP contribution in [0.4, 0.5) is 0 Å². The minimum atomic E-state index is -3.32. The van der Waals surface area contributed by atoms with Crippen molar-refractivity contribution < 1.29 is 13.2 Å². The van der Waals surface area contributed by atoms with E-state index in [1.807, 2.05) is 0 Å². The van der Waals surface area contributed by atoms with Gasteiger partial charge >= 0.3 is 0 Å². The number of hydrogen-bond acceptors (Lipinski definition) is 5. The van der Waals surface area contributed by atoms with Gasteiger partial charge in [0.25, 0.3) is 5.91 Å². The average Bonchev–Trinajstić information content (AvgIpc) is 2.45. The van der Waals surface area contributed by atoms with Crippen LogP contribution in [0.3, 0.4) is 0 Å². The second-order valence-corrected chi connectivity index (χ2v) is 6.59. The topological polar surface area (TPSA) is 105 Å². The Hall–Kier alpha value is -1.95. The van der Waals surface area contributed by atoms with Gasteiger partial charge < -0.3 is 11.1 Å². The molecule has 0 spiro atoms. The second-order valence-electron chi connectivity index (χ2n) is 4.29. The van der Waals surface area contributed by atoms with Gasteiger partial charge in [0.2, 0.25) is 10.0 Å². The third kappa shape index (κ3) is 5.51. The number of nitrogens with one attached hydrogen (secondary N) is 1. The summed E-state index contributed by atoms with van der Waals surface area (Å²) in [5, 5.41) is 2.51. The van der Waals surface area contributed by atoms with E-state index in [2.05, 4.69) is 22.1 Å². The number of hydrogen-bond donors (Lipinski definition) is 2. The number of amides is 1. The quantitative estimate of drug-likeness (QED) is 0.680. The van der Waals surface area contributed by atoms with Crippen molar-refractivity contribution in [3.05, 3.63) is 29.6 Å². The Balaban J connectivity index is 2.57. The van der Waals surface area contributed by atoms with Gasteiger partial charge in [0, 0.05) is 32.4 Å². The average molecular weight is 310 g/mol. The van der Waals surface area contributed by atoms with Crippen molar-refractivity contribution in [2.75, 3.05) is 32.9 Å². The maximum atomic E-state index is 11.8. The second kappa shape index (κ2) is 7.73. The largest absolute Gasteiger partial charge is 0.350 e. The van der Waals surface area contributed by atoms with Crippen LogP contribution in [0.1, 0.15) is 16.1 Å². The molecule has 7 nitrogen and oxygen atoms in total. The highest BCUT2D eigenvalue weighted by molar-refractivity contribution is 7.89.